The zero-order chi connectivity index (χ0) is 18.6. The third kappa shape index (κ3) is 4.65. The van der Waals surface area contributed by atoms with Crippen LogP contribution in [0.25, 0.3) is 0 Å². The smallest absolute Gasteiger partial charge is 0.248 e. The number of aromatic nitrogens is 2. The number of likely N-dealkylation sites (tertiary alicyclic amines) is 1. The molecule has 0 spiro atoms. The number of amides is 1. The van der Waals surface area contributed by atoms with Crippen molar-refractivity contribution in [1.82, 2.24) is 19.8 Å². The lowest BCUT2D eigenvalue weighted by Gasteiger charge is -2.30. The monoisotopic (exact) mass is 374 g/mol. The van der Waals surface area contributed by atoms with Crippen LogP contribution in [-0.2, 0) is 27.2 Å². The first-order valence-electron chi connectivity index (χ1n) is 10.2. The first kappa shape index (κ1) is 18.8. The lowest BCUT2D eigenvalue weighted by atomic mass is 9.95. The number of carbonyl (C=O) groups is 1. The van der Waals surface area contributed by atoms with Gasteiger partial charge in [0.15, 0.2) is 0 Å². The second-order valence-corrected chi connectivity index (χ2v) is 7.99. The van der Waals surface area contributed by atoms with E-state index in [2.05, 4.69) is 16.9 Å². The van der Waals surface area contributed by atoms with Crippen LogP contribution in [0.1, 0.15) is 48.7 Å². The molecule has 0 radical (unpaired) electrons. The molecule has 0 saturated carbocycles. The fraction of sp³-hybridized carbons (Fsp3) is 0.750. The Bertz CT molecular complexity index is 655. The second-order valence-electron chi connectivity index (χ2n) is 7.99. The van der Waals surface area contributed by atoms with Crippen molar-refractivity contribution in [2.45, 2.75) is 50.7 Å². The number of carbonyl (C=O) groups excluding carboxylic acids is 1. The zero-order valence-electron chi connectivity index (χ0n) is 16.2. The lowest BCUT2D eigenvalue weighted by Crippen LogP contribution is -2.39. The predicted octanol–water partition coefficient (Wildman–Crippen LogP) is 1.37. The zero-order valence-corrected chi connectivity index (χ0v) is 16.2. The fourth-order valence-electron chi connectivity index (χ4n) is 4.15. The number of piperidine rings is 1. The lowest BCUT2D eigenvalue weighted by molar-refractivity contribution is -0.138. The fourth-order valence-corrected chi connectivity index (χ4v) is 4.15. The van der Waals surface area contributed by atoms with E-state index in [0.29, 0.717) is 25.6 Å². The van der Waals surface area contributed by atoms with E-state index < -0.39 is 0 Å². The van der Waals surface area contributed by atoms with E-state index in [-0.39, 0.29) is 18.6 Å². The van der Waals surface area contributed by atoms with Crippen molar-refractivity contribution in [3.05, 3.63) is 23.3 Å². The van der Waals surface area contributed by atoms with E-state index >= 15 is 0 Å². The summed E-state index contributed by atoms with van der Waals surface area (Å²) in [7, 11) is 2.17. The van der Waals surface area contributed by atoms with Gasteiger partial charge in [-0.1, -0.05) is 0 Å². The van der Waals surface area contributed by atoms with Crippen molar-refractivity contribution in [2.24, 2.45) is 0 Å². The van der Waals surface area contributed by atoms with Gasteiger partial charge in [0.05, 0.1) is 18.4 Å². The summed E-state index contributed by atoms with van der Waals surface area (Å²) in [6.07, 6.45) is 7.26. The maximum Gasteiger partial charge on any atom is 0.248 e. The van der Waals surface area contributed by atoms with E-state index in [9.17, 15) is 4.79 Å². The molecule has 148 valence electrons. The van der Waals surface area contributed by atoms with Gasteiger partial charge >= 0.3 is 0 Å². The molecule has 3 aliphatic rings. The summed E-state index contributed by atoms with van der Waals surface area (Å²) < 4.78 is 11.1. The van der Waals surface area contributed by atoms with Crippen molar-refractivity contribution in [3.63, 3.8) is 0 Å². The van der Waals surface area contributed by atoms with Crippen molar-refractivity contribution in [1.29, 1.82) is 0 Å². The van der Waals surface area contributed by atoms with E-state index in [1.165, 1.54) is 0 Å². The van der Waals surface area contributed by atoms with Crippen molar-refractivity contribution in [3.8, 4) is 0 Å². The number of rotatable bonds is 5. The van der Waals surface area contributed by atoms with Gasteiger partial charge in [0.2, 0.25) is 5.91 Å². The standard InChI is InChI=1S/C20H30N4O3/c1-23-7-4-15(5-8-23)20-21-11-16-12-24(9-6-18(16)22-20)19(25)14-26-13-17-3-2-10-27-17/h11,15,17H,2-10,12-14H2,1H3/t17-/m1/s1. The molecule has 2 fully saturated rings. The van der Waals surface area contributed by atoms with Crippen LogP contribution in [0, 0.1) is 0 Å². The topological polar surface area (TPSA) is 67.8 Å². The van der Waals surface area contributed by atoms with E-state index in [1.807, 2.05) is 11.1 Å². The molecule has 7 heteroatoms. The summed E-state index contributed by atoms with van der Waals surface area (Å²) in [6, 6.07) is 0. The van der Waals surface area contributed by atoms with Crippen molar-refractivity contribution in [2.75, 3.05) is 46.5 Å². The van der Waals surface area contributed by atoms with Gasteiger partial charge in [-0.15, -0.1) is 0 Å². The van der Waals surface area contributed by atoms with Crippen molar-refractivity contribution >= 4 is 5.91 Å². The van der Waals surface area contributed by atoms with Crippen LogP contribution < -0.4 is 0 Å². The molecule has 0 aliphatic carbocycles. The van der Waals surface area contributed by atoms with Crippen LogP contribution in [0.2, 0.25) is 0 Å². The van der Waals surface area contributed by atoms with Crippen LogP contribution >= 0.6 is 0 Å². The minimum Gasteiger partial charge on any atom is -0.376 e. The van der Waals surface area contributed by atoms with Crippen LogP contribution in [0.3, 0.4) is 0 Å². The third-order valence-corrected chi connectivity index (χ3v) is 5.94. The number of ether oxygens (including phenoxy) is 2. The average Bonchev–Trinajstić information content (AvgIpc) is 3.21. The molecule has 1 aromatic rings. The molecular weight excluding hydrogens is 344 g/mol. The maximum atomic E-state index is 12.4. The van der Waals surface area contributed by atoms with Gasteiger partial charge in [-0.05, 0) is 45.8 Å². The number of hydrogen-bond acceptors (Lipinski definition) is 6. The minimum absolute atomic E-state index is 0.0399. The predicted molar refractivity (Wildman–Crippen MR) is 100 cm³/mol. The second kappa shape index (κ2) is 8.63. The van der Waals surface area contributed by atoms with Gasteiger partial charge in [0, 0.05) is 43.8 Å². The maximum absolute atomic E-state index is 12.4. The molecule has 0 aromatic carbocycles. The molecule has 1 aromatic heterocycles. The molecule has 7 nitrogen and oxygen atoms in total. The van der Waals surface area contributed by atoms with Gasteiger partial charge < -0.3 is 19.3 Å². The molecule has 4 heterocycles. The molecular formula is C20H30N4O3. The Morgan fingerprint density at radius 3 is 2.93 bits per heavy atom. The quantitative estimate of drug-likeness (QED) is 0.775. The van der Waals surface area contributed by atoms with Gasteiger partial charge in [-0.2, -0.15) is 0 Å². The first-order chi connectivity index (χ1) is 13.2. The van der Waals surface area contributed by atoms with Gasteiger partial charge in [0.1, 0.15) is 12.4 Å². The molecule has 3 aliphatic heterocycles. The normalized spacial score (nSPS) is 24.2. The number of fused-ring (bicyclic) bond motifs is 1. The Morgan fingerprint density at radius 2 is 2.15 bits per heavy atom. The minimum atomic E-state index is 0.0399. The van der Waals surface area contributed by atoms with Crippen LogP contribution in [0.15, 0.2) is 6.20 Å². The summed E-state index contributed by atoms with van der Waals surface area (Å²) in [6.45, 7) is 4.97. The Kier molecular flexibility index (Phi) is 6.00. The molecule has 27 heavy (non-hydrogen) atoms. The third-order valence-electron chi connectivity index (χ3n) is 5.94. The van der Waals surface area contributed by atoms with Crippen LogP contribution in [0.4, 0.5) is 0 Å². The molecule has 1 amide bonds. The average molecular weight is 374 g/mol. The van der Waals surface area contributed by atoms with Gasteiger partial charge in [-0.25, -0.2) is 9.97 Å². The van der Waals surface area contributed by atoms with Gasteiger partial charge in [0.25, 0.3) is 0 Å². The van der Waals surface area contributed by atoms with Crippen LogP contribution in [0.5, 0.6) is 0 Å². The highest BCUT2D eigenvalue weighted by atomic mass is 16.5. The Balaban J connectivity index is 1.29. The summed E-state index contributed by atoms with van der Waals surface area (Å²) in [5.74, 6) is 1.50. The first-order valence-corrected chi connectivity index (χ1v) is 10.2. The highest BCUT2D eigenvalue weighted by molar-refractivity contribution is 5.77. The molecule has 4 rings (SSSR count). The Morgan fingerprint density at radius 1 is 1.30 bits per heavy atom. The molecule has 1 atom stereocenters. The molecule has 0 bridgehead atoms. The summed E-state index contributed by atoms with van der Waals surface area (Å²) in [5.41, 5.74) is 2.19. The summed E-state index contributed by atoms with van der Waals surface area (Å²) >= 11 is 0. The Hall–Kier alpha value is -1.57. The van der Waals surface area contributed by atoms with Crippen molar-refractivity contribution < 1.29 is 14.3 Å². The number of nitrogens with zero attached hydrogens (tertiary/aromatic N) is 4. The van der Waals surface area contributed by atoms with E-state index in [0.717, 1.165) is 68.9 Å². The molecule has 2 saturated heterocycles. The molecule has 0 N–H and O–H groups in total. The highest BCUT2D eigenvalue weighted by Crippen LogP contribution is 2.26. The highest BCUT2D eigenvalue weighted by Gasteiger charge is 2.26. The van der Waals surface area contributed by atoms with E-state index in [1.54, 1.807) is 0 Å². The van der Waals surface area contributed by atoms with Crippen LogP contribution in [-0.4, -0.2) is 78.3 Å². The van der Waals surface area contributed by atoms with Gasteiger partial charge in [-0.3, -0.25) is 4.79 Å². The SMILES string of the molecule is CN1CCC(c2ncc3c(n2)CCN(C(=O)COC[C@H]2CCCO2)C3)CC1. The largest absolute Gasteiger partial charge is 0.376 e. The molecule has 0 unspecified atom stereocenters. The Labute approximate surface area is 161 Å². The van der Waals surface area contributed by atoms with E-state index in [4.69, 9.17) is 14.5 Å². The number of hydrogen-bond donors (Lipinski definition) is 0. The summed E-state index contributed by atoms with van der Waals surface area (Å²) in [4.78, 5) is 26.1. The summed E-state index contributed by atoms with van der Waals surface area (Å²) in [5, 5.41) is 0.